The number of carboxylic acids is 1. The van der Waals surface area contributed by atoms with Gasteiger partial charge in [0.25, 0.3) is 0 Å². The van der Waals surface area contributed by atoms with Gasteiger partial charge in [0.15, 0.2) is 0 Å². The lowest BCUT2D eigenvalue weighted by atomic mass is 10.2. The summed E-state index contributed by atoms with van der Waals surface area (Å²) in [5.41, 5.74) is 0.344. The highest BCUT2D eigenvalue weighted by Gasteiger charge is 2.25. The number of carbonyl (C=O) groups is 1. The second kappa shape index (κ2) is 4.89. The van der Waals surface area contributed by atoms with Crippen molar-refractivity contribution in [1.29, 1.82) is 0 Å². The lowest BCUT2D eigenvalue weighted by Crippen LogP contribution is -2.13. The van der Waals surface area contributed by atoms with Crippen molar-refractivity contribution in [2.45, 2.75) is 29.6 Å². The Labute approximate surface area is 98.8 Å². The molecule has 86 valence electrons. The van der Waals surface area contributed by atoms with Crippen LogP contribution in [0, 0.1) is 0 Å². The Morgan fingerprint density at radius 1 is 1.56 bits per heavy atom. The van der Waals surface area contributed by atoms with E-state index in [1.807, 2.05) is 6.07 Å². The van der Waals surface area contributed by atoms with Crippen LogP contribution in [0.15, 0.2) is 29.2 Å². The van der Waals surface area contributed by atoms with Gasteiger partial charge in [-0.05, 0) is 31.5 Å². The van der Waals surface area contributed by atoms with Crippen molar-refractivity contribution in [3.05, 3.63) is 29.8 Å². The molecule has 1 fully saturated rings. The van der Waals surface area contributed by atoms with Gasteiger partial charge in [-0.1, -0.05) is 6.07 Å². The minimum Gasteiger partial charge on any atom is -0.478 e. The predicted molar refractivity (Wildman–Crippen MR) is 63.1 cm³/mol. The number of ether oxygens (including phenoxy) is 1. The number of carboxylic acid groups (broad SMARTS) is 1. The Morgan fingerprint density at radius 3 is 3.00 bits per heavy atom. The second-order valence-electron chi connectivity index (χ2n) is 3.85. The highest BCUT2D eigenvalue weighted by atomic mass is 32.2. The molecule has 2 rings (SSSR count). The highest BCUT2D eigenvalue weighted by molar-refractivity contribution is 8.00. The molecule has 0 amide bonds. The number of rotatable bonds is 3. The van der Waals surface area contributed by atoms with Crippen LogP contribution in [0.4, 0.5) is 0 Å². The smallest absolute Gasteiger partial charge is 0.335 e. The molecule has 16 heavy (non-hydrogen) atoms. The number of hydrogen-bond donors (Lipinski definition) is 1. The van der Waals surface area contributed by atoms with Gasteiger partial charge in [-0.25, -0.2) is 4.79 Å². The minimum atomic E-state index is -0.877. The SMILES string of the molecule is CC1OCCC1Sc1cccc(C(=O)O)c1. The molecule has 1 aromatic carbocycles. The molecule has 0 bridgehead atoms. The molecule has 1 aliphatic heterocycles. The fourth-order valence-electron chi connectivity index (χ4n) is 1.74. The molecule has 0 aliphatic carbocycles. The van der Waals surface area contributed by atoms with Crippen molar-refractivity contribution < 1.29 is 14.6 Å². The molecule has 0 radical (unpaired) electrons. The molecule has 0 aromatic heterocycles. The first-order valence-electron chi connectivity index (χ1n) is 5.28. The van der Waals surface area contributed by atoms with Gasteiger partial charge in [0.05, 0.1) is 11.7 Å². The zero-order valence-electron chi connectivity index (χ0n) is 9.05. The first kappa shape index (κ1) is 11.5. The van der Waals surface area contributed by atoms with Crippen molar-refractivity contribution in [3.8, 4) is 0 Å². The van der Waals surface area contributed by atoms with Crippen LogP contribution >= 0.6 is 11.8 Å². The normalized spacial score (nSPS) is 24.6. The predicted octanol–water partition coefficient (Wildman–Crippen LogP) is 2.65. The van der Waals surface area contributed by atoms with E-state index in [-0.39, 0.29) is 6.10 Å². The topological polar surface area (TPSA) is 46.5 Å². The van der Waals surface area contributed by atoms with E-state index in [1.165, 1.54) is 0 Å². The van der Waals surface area contributed by atoms with Gasteiger partial charge in [-0.15, -0.1) is 11.8 Å². The highest BCUT2D eigenvalue weighted by Crippen LogP contribution is 2.32. The molecule has 1 aromatic rings. The molecule has 1 saturated heterocycles. The third-order valence-electron chi connectivity index (χ3n) is 2.68. The van der Waals surface area contributed by atoms with E-state index in [2.05, 4.69) is 6.92 Å². The molecule has 3 nitrogen and oxygen atoms in total. The summed E-state index contributed by atoms with van der Waals surface area (Å²) in [4.78, 5) is 11.8. The first-order chi connectivity index (χ1) is 7.66. The van der Waals surface area contributed by atoms with E-state index in [0.29, 0.717) is 10.8 Å². The Hall–Kier alpha value is -1.00. The van der Waals surface area contributed by atoms with E-state index in [9.17, 15) is 4.79 Å². The summed E-state index contributed by atoms with van der Waals surface area (Å²) in [5, 5.41) is 9.32. The molecule has 2 atom stereocenters. The van der Waals surface area contributed by atoms with Crippen LogP contribution in [0.2, 0.25) is 0 Å². The fraction of sp³-hybridized carbons (Fsp3) is 0.417. The standard InChI is InChI=1S/C12H14O3S/c1-8-11(5-6-15-8)16-10-4-2-3-9(7-10)12(13)14/h2-4,7-8,11H,5-6H2,1H3,(H,13,14). The summed E-state index contributed by atoms with van der Waals surface area (Å²) in [5.74, 6) is -0.877. The van der Waals surface area contributed by atoms with Crippen LogP contribution in [-0.2, 0) is 4.74 Å². The van der Waals surface area contributed by atoms with E-state index in [0.717, 1.165) is 17.9 Å². The monoisotopic (exact) mass is 238 g/mol. The van der Waals surface area contributed by atoms with E-state index < -0.39 is 5.97 Å². The first-order valence-corrected chi connectivity index (χ1v) is 6.16. The molecule has 2 unspecified atom stereocenters. The van der Waals surface area contributed by atoms with Crippen LogP contribution in [-0.4, -0.2) is 29.0 Å². The lowest BCUT2D eigenvalue weighted by molar-refractivity contribution is 0.0696. The van der Waals surface area contributed by atoms with Crippen molar-refractivity contribution >= 4 is 17.7 Å². The number of benzene rings is 1. The second-order valence-corrected chi connectivity index (χ2v) is 5.17. The fourth-order valence-corrected chi connectivity index (χ4v) is 2.93. The number of thioether (sulfide) groups is 1. The van der Waals surface area contributed by atoms with Crippen molar-refractivity contribution in [2.24, 2.45) is 0 Å². The third kappa shape index (κ3) is 2.57. The molecular weight excluding hydrogens is 224 g/mol. The van der Waals surface area contributed by atoms with Crippen molar-refractivity contribution in [2.75, 3.05) is 6.61 Å². The molecule has 1 N–H and O–H groups in total. The molecule has 0 spiro atoms. The van der Waals surface area contributed by atoms with Crippen LogP contribution in [0.5, 0.6) is 0 Å². The summed E-state index contributed by atoms with van der Waals surface area (Å²) < 4.78 is 5.48. The molecule has 0 saturated carbocycles. The quantitative estimate of drug-likeness (QED) is 0.879. The summed E-state index contributed by atoms with van der Waals surface area (Å²) in [7, 11) is 0. The Bertz CT molecular complexity index is 392. The van der Waals surface area contributed by atoms with E-state index >= 15 is 0 Å². The largest absolute Gasteiger partial charge is 0.478 e. The number of hydrogen-bond acceptors (Lipinski definition) is 3. The molecule has 1 aliphatic rings. The van der Waals surface area contributed by atoms with Crippen LogP contribution in [0.1, 0.15) is 23.7 Å². The van der Waals surface area contributed by atoms with Gasteiger partial charge >= 0.3 is 5.97 Å². The Kier molecular flexibility index (Phi) is 3.51. The average molecular weight is 238 g/mol. The summed E-state index contributed by atoms with van der Waals surface area (Å²) >= 11 is 1.70. The van der Waals surface area contributed by atoms with Gasteiger partial charge in [0.1, 0.15) is 0 Å². The summed E-state index contributed by atoms with van der Waals surface area (Å²) in [6.45, 7) is 2.86. The van der Waals surface area contributed by atoms with Gasteiger partial charge in [-0.3, -0.25) is 0 Å². The molecule has 1 heterocycles. The van der Waals surface area contributed by atoms with E-state index in [4.69, 9.17) is 9.84 Å². The average Bonchev–Trinajstić information content (AvgIpc) is 2.65. The molecular formula is C12H14O3S. The van der Waals surface area contributed by atoms with E-state index in [1.54, 1.807) is 30.0 Å². The maximum atomic E-state index is 10.8. The zero-order valence-corrected chi connectivity index (χ0v) is 9.87. The van der Waals surface area contributed by atoms with Gasteiger partial charge in [0, 0.05) is 16.8 Å². The maximum absolute atomic E-state index is 10.8. The van der Waals surface area contributed by atoms with Gasteiger partial charge in [-0.2, -0.15) is 0 Å². The van der Waals surface area contributed by atoms with Crippen LogP contribution < -0.4 is 0 Å². The maximum Gasteiger partial charge on any atom is 0.335 e. The van der Waals surface area contributed by atoms with Crippen LogP contribution in [0.3, 0.4) is 0 Å². The van der Waals surface area contributed by atoms with Crippen molar-refractivity contribution in [1.82, 2.24) is 0 Å². The minimum absolute atomic E-state index is 0.249. The third-order valence-corrected chi connectivity index (χ3v) is 4.12. The van der Waals surface area contributed by atoms with Gasteiger partial charge < -0.3 is 9.84 Å². The summed E-state index contributed by atoms with van der Waals surface area (Å²) in [6, 6.07) is 7.06. The zero-order chi connectivity index (χ0) is 11.5. The van der Waals surface area contributed by atoms with Crippen LogP contribution in [0.25, 0.3) is 0 Å². The summed E-state index contributed by atoms with van der Waals surface area (Å²) in [6.07, 6.45) is 1.28. The molecule has 4 heteroatoms. The lowest BCUT2D eigenvalue weighted by Gasteiger charge is -2.13. The van der Waals surface area contributed by atoms with Gasteiger partial charge in [0.2, 0.25) is 0 Å². The van der Waals surface area contributed by atoms with Crippen molar-refractivity contribution in [3.63, 3.8) is 0 Å². The number of aromatic carboxylic acids is 1. The Morgan fingerprint density at radius 2 is 2.38 bits per heavy atom. The Balaban J connectivity index is 2.09.